The Hall–Kier alpha value is -5.62. The maximum atomic E-state index is 6.62. The number of aromatic nitrogens is 3. The molecule has 6 nitrogen and oxygen atoms in total. The molecule has 0 radical (unpaired) electrons. The van der Waals surface area contributed by atoms with Crippen LogP contribution in [-0.4, -0.2) is 21.2 Å². The van der Waals surface area contributed by atoms with Gasteiger partial charge in [-0.05, 0) is 91.4 Å². The Morgan fingerprint density at radius 3 is 2.25 bits per heavy atom. The Morgan fingerprint density at radius 2 is 1.44 bits per heavy atom. The Balaban J connectivity index is 1.16. The molecule has 0 atom stereocenters. The Labute approximate surface area is 281 Å². The molecular formula is C42H39N5O. The smallest absolute Gasteiger partial charge is 0.137 e. The lowest BCUT2D eigenvalue weighted by atomic mass is 9.88. The summed E-state index contributed by atoms with van der Waals surface area (Å²) in [6.07, 6.45) is 5.75. The normalized spacial score (nSPS) is 13.0. The van der Waals surface area contributed by atoms with Gasteiger partial charge < -0.3 is 14.5 Å². The summed E-state index contributed by atoms with van der Waals surface area (Å²) < 4.78 is 8.87. The fraction of sp³-hybridized carbons (Fsp3) is 0.190. The van der Waals surface area contributed by atoms with Crippen molar-refractivity contribution in [2.75, 3.05) is 16.5 Å². The van der Waals surface area contributed by atoms with Crippen LogP contribution in [0.2, 0.25) is 0 Å². The number of hydrogen-bond donors (Lipinski definition) is 0. The van der Waals surface area contributed by atoms with Gasteiger partial charge in [-0.2, -0.15) is 0 Å². The van der Waals surface area contributed by atoms with Crippen LogP contribution in [0.25, 0.3) is 27.6 Å². The van der Waals surface area contributed by atoms with Crippen molar-refractivity contribution in [3.05, 3.63) is 138 Å². The Bertz CT molecular complexity index is 2320. The van der Waals surface area contributed by atoms with E-state index in [1.165, 1.54) is 38.7 Å². The summed E-state index contributed by atoms with van der Waals surface area (Å²) in [4.78, 5) is 14.0. The zero-order valence-electron chi connectivity index (χ0n) is 28.3. The molecule has 4 heterocycles. The van der Waals surface area contributed by atoms with E-state index in [0.717, 1.165) is 45.4 Å². The lowest BCUT2D eigenvalue weighted by Gasteiger charge is -2.25. The first kappa shape index (κ1) is 29.8. The molecule has 0 unspecified atom stereocenters. The average Bonchev–Trinajstić information content (AvgIpc) is 3.60. The number of para-hydroxylation sites is 1. The first-order valence-corrected chi connectivity index (χ1v) is 16.5. The van der Waals surface area contributed by atoms with Crippen LogP contribution in [0.3, 0.4) is 0 Å². The first-order valence-electron chi connectivity index (χ1n) is 16.5. The van der Waals surface area contributed by atoms with Gasteiger partial charge in [0.05, 0.1) is 28.6 Å². The summed E-state index contributed by atoms with van der Waals surface area (Å²) in [6, 6.07) is 34.1. The zero-order valence-corrected chi connectivity index (χ0v) is 28.3. The fourth-order valence-corrected chi connectivity index (χ4v) is 7.24. The fourth-order valence-electron chi connectivity index (χ4n) is 7.24. The second-order valence-corrected chi connectivity index (χ2v) is 13.9. The van der Waals surface area contributed by atoms with E-state index in [9.17, 15) is 0 Å². The molecule has 1 aliphatic rings. The third-order valence-electron chi connectivity index (χ3n) is 9.40. The minimum atomic E-state index is 0.0108. The number of benzene rings is 4. The minimum absolute atomic E-state index is 0.0108. The molecule has 0 fully saturated rings. The van der Waals surface area contributed by atoms with Crippen LogP contribution in [0.4, 0.5) is 22.7 Å². The molecule has 7 aromatic rings. The van der Waals surface area contributed by atoms with Crippen molar-refractivity contribution in [3.8, 4) is 17.3 Å². The van der Waals surface area contributed by atoms with E-state index in [4.69, 9.17) is 9.72 Å². The first-order chi connectivity index (χ1) is 23.2. The highest BCUT2D eigenvalue weighted by Crippen LogP contribution is 2.46. The van der Waals surface area contributed by atoms with Gasteiger partial charge in [0.25, 0.3) is 0 Å². The molecule has 0 bridgehead atoms. The van der Waals surface area contributed by atoms with Crippen molar-refractivity contribution in [2.45, 2.75) is 47.0 Å². The molecule has 0 spiro atoms. The largest absolute Gasteiger partial charge is 0.457 e. The lowest BCUT2D eigenvalue weighted by molar-refractivity contribution is 0.483. The van der Waals surface area contributed by atoms with Crippen molar-refractivity contribution in [2.24, 2.45) is 0 Å². The highest BCUT2D eigenvalue weighted by molar-refractivity contribution is 6.09. The summed E-state index contributed by atoms with van der Waals surface area (Å²) >= 11 is 0. The van der Waals surface area contributed by atoms with E-state index < -0.39 is 0 Å². The third kappa shape index (κ3) is 5.05. The van der Waals surface area contributed by atoms with Crippen molar-refractivity contribution >= 4 is 44.6 Å². The minimum Gasteiger partial charge on any atom is -0.457 e. The maximum absolute atomic E-state index is 6.62. The van der Waals surface area contributed by atoms with Gasteiger partial charge in [0.1, 0.15) is 24.0 Å². The van der Waals surface area contributed by atoms with Gasteiger partial charge in [0, 0.05) is 46.7 Å². The van der Waals surface area contributed by atoms with E-state index in [2.05, 4.69) is 152 Å². The zero-order chi connectivity index (χ0) is 33.2. The van der Waals surface area contributed by atoms with Gasteiger partial charge in [-0.1, -0.05) is 62.7 Å². The standard InChI is InChI=1S/C42H39N5O/c1-27-20-28(2)41(29(3)21-27)46-26-45(37-17-18-43-25-39(37)46)31-10-9-11-32(23-31)48-33-14-15-35-34-12-7-8-13-36(34)47(38(35)24-33)40-22-30(16-19-44-40)42(4,5)6/h7-25H,26H2,1-6H3. The number of nitrogens with zero attached hydrogens (tertiary/aromatic N) is 5. The summed E-state index contributed by atoms with van der Waals surface area (Å²) in [5, 5.41) is 2.36. The van der Waals surface area contributed by atoms with Gasteiger partial charge in [-0.15, -0.1) is 0 Å². The van der Waals surface area contributed by atoms with Gasteiger partial charge in [0.15, 0.2) is 0 Å². The molecule has 4 aromatic carbocycles. The van der Waals surface area contributed by atoms with Gasteiger partial charge in [0.2, 0.25) is 0 Å². The van der Waals surface area contributed by atoms with Gasteiger partial charge >= 0.3 is 0 Å². The van der Waals surface area contributed by atoms with Crippen LogP contribution < -0.4 is 14.5 Å². The molecule has 0 saturated carbocycles. The predicted octanol–water partition coefficient (Wildman–Crippen LogP) is 10.8. The van der Waals surface area contributed by atoms with Crippen LogP contribution in [-0.2, 0) is 5.41 Å². The summed E-state index contributed by atoms with van der Waals surface area (Å²) in [7, 11) is 0. The second kappa shape index (κ2) is 11.3. The molecule has 0 N–H and O–H groups in total. The van der Waals surface area contributed by atoms with Crippen molar-refractivity contribution in [1.29, 1.82) is 0 Å². The Kier molecular flexibility index (Phi) is 6.99. The molecule has 0 amide bonds. The summed E-state index contributed by atoms with van der Waals surface area (Å²) in [5.41, 5.74) is 11.7. The predicted molar refractivity (Wildman–Crippen MR) is 198 cm³/mol. The quantitative estimate of drug-likeness (QED) is 0.190. The van der Waals surface area contributed by atoms with Crippen LogP contribution in [0.15, 0.2) is 116 Å². The number of ether oxygens (including phenoxy) is 1. The topological polar surface area (TPSA) is 46.4 Å². The number of rotatable bonds is 5. The highest BCUT2D eigenvalue weighted by Gasteiger charge is 2.30. The van der Waals surface area contributed by atoms with Crippen LogP contribution in [0.5, 0.6) is 11.5 Å². The van der Waals surface area contributed by atoms with E-state index in [1.54, 1.807) is 0 Å². The second-order valence-electron chi connectivity index (χ2n) is 13.9. The van der Waals surface area contributed by atoms with Gasteiger partial charge in [-0.3, -0.25) is 9.55 Å². The molecule has 0 saturated heterocycles. The van der Waals surface area contributed by atoms with Crippen molar-refractivity contribution in [1.82, 2.24) is 14.5 Å². The third-order valence-corrected chi connectivity index (χ3v) is 9.40. The monoisotopic (exact) mass is 629 g/mol. The van der Waals surface area contributed by atoms with E-state index in [1.807, 2.05) is 24.7 Å². The molecule has 238 valence electrons. The number of anilines is 4. The summed E-state index contributed by atoms with van der Waals surface area (Å²) in [6.45, 7) is 13.9. The van der Waals surface area contributed by atoms with Crippen molar-refractivity contribution in [3.63, 3.8) is 0 Å². The van der Waals surface area contributed by atoms with Crippen LogP contribution in [0.1, 0.15) is 43.0 Å². The number of pyridine rings is 2. The maximum Gasteiger partial charge on any atom is 0.137 e. The lowest BCUT2D eigenvalue weighted by Crippen LogP contribution is -2.25. The molecule has 48 heavy (non-hydrogen) atoms. The average molecular weight is 630 g/mol. The summed E-state index contributed by atoms with van der Waals surface area (Å²) in [5.74, 6) is 2.45. The number of aryl methyl sites for hydroxylation is 3. The molecule has 6 heteroatoms. The molecule has 0 aliphatic carbocycles. The molecule has 3 aromatic heterocycles. The van der Waals surface area contributed by atoms with E-state index in [0.29, 0.717) is 6.67 Å². The SMILES string of the molecule is Cc1cc(C)c(N2CN(c3cccc(Oc4ccc5c6ccccc6n(-c6cc(C(C)(C)C)ccn6)c5c4)c3)c3ccncc32)c(C)c1. The van der Waals surface area contributed by atoms with E-state index >= 15 is 0 Å². The number of hydrogen-bond acceptors (Lipinski definition) is 5. The van der Waals surface area contributed by atoms with Crippen LogP contribution >= 0.6 is 0 Å². The van der Waals surface area contributed by atoms with E-state index in [-0.39, 0.29) is 5.41 Å². The molecule has 8 rings (SSSR count). The molecular weight excluding hydrogens is 590 g/mol. The Morgan fingerprint density at radius 1 is 0.667 bits per heavy atom. The van der Waals surface area contributed by atoms with Crippen molar-refractivity contribution < 1.29 is 4.74 Å². The molecule has 1 aliphatic heterocycles. The van der Waals surface area contributed by atoms with Gasteiger partial charge in [-0.25, -0.2) is 4.98 Å². The van der Waals surface area contributed by atoms with Crippen LogP contribution in [0, 0.1) is 20.8 Å². The highest BCUT2D eigenvalue weighted by atomic mass is 16.5. The number of fused-ring (bicyclic) bond motifs is 4.